The Hall–Kier alpha value is -2.11. The third-order valence-electron chi connectivity index (χ3n) is 4.75. The van der Waals surface area contributed by atoms with Gasteiger partial charge in [-0.2, -0.15) is 0 Å². The van der Waals surface area contributed by atoms with E-state index in [0.29, 0.717) is 17.2 Å². The second-order valence-electron chi connectivity index (χ2n) is 7.97. The van der Waals surface area contributed by atoms with Crippen LogP contribution < -0.4 is 10.1 Å². The Labute approximate surface area is 149 Å². The van der Waals surface area contributed by atoms with Crippen LogP contribution >= 0.6 is 0 Å². The number of nitro groups is 1. The summed E-state index contributed by atoms with van der Waals surface area (Å²) in [6.45, 7) is 10.2. The molecule has 1 aliphatic rings. The highest BCUT2D eigenvalue weighted by Crippen LogP contribution is 2.41. The monoisotopic (exact) mass is 348 g/mol. The van der Waals surface area contributed by atoms with Crippen molar-refractivity contribution in [1.82, 2.24) is 0 Å². The van der Waals surface area contributed by atoms with Gasteiger partial charge in [0.1, 0.15) is 11.4 Å². The van der Waals surface area contributed by atoms with Crippen molar-refractivity contribution in [2.75, 3.05) is 5.32 Å². The number of nitrogens with one attached hydrogen (secondary N) is 1. The van der Waals surface area contributed by atoms with Crippen molar-refractivity contribution in [2.24, 2.45) is 11.3 Å². The van der Waals surface area contributed by atoms with E-state index in [4.69, 9.17) is 4.74 Å². The molecule has 0 heterocycles. The van der Waals surface area contributed by atoms with Gasteiger partial charge in [0.25, 0.3) is 5.69 Å². The fraction of sp³-hybridized carbons (Fsp3) is 0.632. The standard InChI is InChI=1S/C19H28N2O4/c1-6-18(22)25-17-9-16(21(23)24)15(8-13(17)3)20-14-7-12(2)10-19(4,5)11-14/h8-9,12,14,20H,6-7,10-11H2,1-5H3. The first kappa shape index (κ1) is 19.2. The first-order valence-corrected chi connectivity index (χ1v) is 8.87. The van der Waals surface area contributed by atoms with Gasteiger partial charge in [0.15, 0.2) is 0 Å². The summed E-state index contributed by atoms with van der Waals surface area (Å²) in [6.07, 6.45) is 3.35. The Morgan fingerprint density at radius 3 is 2.64 bits per heavy atom. The van der Waals surface area contributed by atoms with E-state index in [1.54, 1.807) is 19.9 Å². The maximum Gasteiger partial charge on any atom is 0.310 e. The highest BCUT2D eigenvalue weighted by atomic mass is 16.6. The molecule has 1 aliphatic carbocycles. The summed E-state index contributed by atoms with van der Waals surface area (Å²) in [7, 11) is 0. The number of ether oxygens (including phenoxy) is 1. The maximum absolute atomic E-state index is 11.5. The van der Waals surface area contributed by atoms with Crippen molar-refractivity contribution >= 4 is 17.3 Å². The Morgan fingerprint density at radius 2 is 2.08 bits per heavy atom. The van der Waals surface area contributed by atoms with E-state index in [1.165, 1.54) is 6.07 Å². The molecule has 2 atom stereocenters. The number of rotatable bonds is 5. The minimum absolute atomic E-state index is 0.0551. The third kappa shape index (κ3) is 4.94. The quantitative estimate of drug-likeness (QED) is 0.356. The molecule has 0 spiro atoms. The van der Waals surface area contributed by atoms with Crippen LogP contribution in [0, 0.1) is 28.4 Å². The van der Waals surface area contributed by atoms with Crippen LogP contribution in [0.3, 0.4) is 0 Å². The average molecular weight is 348 g/mol. The minimum Gasteiger partial charge on any atom is -0.426 e. The molecule has 0 aliphatic heterocycles. The number of aryl methyl sites for hydroxylation is 1. The van der Waals surface area contributed by atoms with Crippen LogP contribution in [0.1, 0.15) is 58.9 Å². The molecule has 138 valence electrons. The van der Waals surface area contributed by atoms with Gasteiger partial charge in [0.2, 0.25) is 0 Å². The van der Waals surface area contributed by atoms with Crippen molar-refractivity contribution in [2.45, 2.75) is 66.3 Å². The number of esters is 1. The molecule has 1 N–H and O–H groups in total. The molecule has 1 aromatic rings. The number of hydrogen-bond acceptors (Lipinski definition) is 5. The number of anilines is 1. The number of carbonyl (C=O) groups excluding carboxylic acids is 1. The van der Waals surface area contributed by atoms with Crippen LogP contribution in [0.25, 0.3) is 0 Å². The zero-order chi connectivity index (χ0) is 18.8. The molecule has 6 heteroatoms. The van der Waals surface area contributed by atoms with Gasteiger partial charge in [-0.25, -0.2) is 0 Å². The molecule has 25 heavy (non-hydrogen) atoms. The second kappa shape index (κ2) is 7.42. The largest absolute Gasteiger partial charge is 0.426 e. The molecule has 0 aromatic heterocycles. The summed E-state index contributed by atoms with van der Waals surface area (Å²) >= 11 is 0. The van der Waals surface area contributed by atoms with Crippen molar-refractivity contribution in [3.05, 3.63) is 27.8 Å². The van der Waals surface area contributed by atoms with Crippen LogP contribution in [0.5, 0.6) is 5.75 Å². The first-order valence-electron chi connectivity index (χ1n) is 8.87. The lowest BCUT2D eigenvalue weighted by Gasteiger charge is -2.39. The molecule has 0 radical (unpaired) electrons. The highest BCUT2D eigenvalue weighted by molar-refractivity contribution is 5.74. The Kier molecular flexibility index (Phi) is 5.70. The molecular weight excluding hydrogens is 320 g/mol. The minimum atomic E-state index is -0.428. The SMILES string of the molecule is CCC(=O)Oc1cc([N+](=O)[O-])c(NC2CC(C)CC(C)(C)C2)cc1C. The lowest BCUT2D eigenvalue weighted by molar-refractivity contribution is -0.384. The second-order valence-corrected chi connectivity index (χ2v) is 7.97. The number of hydrogen-bond donors (Lipinski definition) is 1. The molecule has 0 saturated heterocycles. The van der Waals surface area contributed by atoms with Gasteiger partial charge in [0, 0.05) is 12.5 Å². The fourth-order valence-electron chi connectivity index (χ4n) is 3.92. The van der Waals surface area contributed by atoms with Gasteiger partial charge < -0.3 is 10.1 Å². The molecule has 2 unspecified atom stereocenters. The van der Waals surface area contributed by atoms with Crippen LogP contribution in [0.4, 0.5) is 11.4 Å². The fourth-order valence-corrected chi connectivity index (χ4v) is 3.92. The Bertz CT molecular complexity index is 670. The molecule has 1 saturated carbocycles. The summed E-state index contributed by atoms with van der Waals surface area (Å²) < 4.78 is 5.21. The van der Waals surface area contributed by atoms with E-state index in [2.05, 4.69) is 26.1 Å². The van der Waals surface area contributed by atoms with Crippen LogP contribution in [0.15, 0.2) is 12.1 Å². The molecule has 0 amide bonds. The summed E-state index contributed by atoms with van der Waals surface area (Å²) in [5.41, 5.74) is 1.36. The molecule has 1 aromatic carbocycles. The Morgan fingerprint density at radius 1 is 1.40 bits per heavy atom. The van der Waals surface area contributed by atoms with Crippen molar-refractivity contribution in [3.63, 3.8) is 0 Å². The average Bonchev–Trinajstić information content (AvgIpc) is 2.47. The van der Waals surface area contributed by atoms with Gasteiger partial charge in [-0.05, 0) is 49.1 Å². The number of nitrogens with zero attached hydrogens (tertiary/aromatic N) is 1. The van der Waals surface area contributed by atoms with E-state index in [9.17, 15) is 14.9 Å². The molecule has 6 nitrogen and oxygen atoms in total. The van der Waals surface area contributed by atoms with Gasteiger partial charge in [0.05, 0.1) is 11.0 Å². The van der Waals surface area contributed by atoms with Crippen LogP contribution in [-0.4, -0.2) is 16.9 Å². The van der Waals surface area contributed by atoms with Crippen molar-refractivity contribution < 1.29 is 14.5 Å². The number of benzene rings is 1. The first-order chi connectivity index (χ1) is 11.6. The third-order valence-corrected chi connectivity index (χ3v) is 4.75. The van der Waals surface area contributed by atoms with Gasteiger partial charge in [-0.1, -0.05) is 27.7 Å². The molecule has 0 bridgehead atoms. The van der Waals surface area contributed by atoms with E-state index < -0.39 is 10.9 Å². The van der Waals surface area contributed by atoms with E-state index in [1.807, 2.05) is 0 Å². The summed E-state index contributed by atoms with van der Waals surface area (Å²) in [6, 6.07) is 3.26. The predicted octanol–water partition coefficient (Wildman–Crippen LogP) is 4.85. The van der Waals surface area contributed by atoms with Gasteiger partial charge in [-0.3, -0.25) is 14.9 Å². The smallest absolute Gasteiger partial charge is 0.310 e. The predicted molar refractivity (Wildman–Crippen MR) is 98.0 cm³/mol. The molecule has 2 rings (SSSR count). The van der Waals surface area contributed by atoms with Gasteiger partial charge in [-0.15, -0.1) is 0 Å². The normalized spacial score (nSPS) is 22.3. The van der Waals surface area contributed by atoms with E-state index in [-0.39, 0.29) is 29.3 Å². The number of nitro benzene ring substituents is 1. The highest BCUT2D eigenvalue weighted by Gasteiger charge is 2.33. The van der Waals surface area contributed by atoms with Crippen molar-refractivity contribution in [1.29, 1.82) is 0 Å². The maximum atomic E-state index is 11.5. The topological polar surface area (TPSA) is 81.5 Å². The van der Waals surface area contributed by atoms with E-state index in [0.717, 1.165) is 19.3 Å². The summed E-state index contributed by atoms with van der Waals surface area (Å²) in [5, 5.41) is 14.9. The zero-order valence-corrected chi connectivity index (χ0v) is 15.7. The molecular formula is C19H28N2O4. The lowest BCUT2D eigenvalue weighted by atomic mass is 9.70. The van der Waals surface area contributed by atoms with E-state index >= 15 is 0 Å². The van der Waals surface area contributed by atoms with Crippen LogP contribution in [-0.2, 0) is 4.79 Å². The number of carbonyl (C=O) groups is 1. The zero-order valence-electron chi connectivity index (χ0n) is 15.7. The lowest BCUT2D eigenvalue weighted by Crippen LogP contribution is -2.35. The Balaban J connectivity index is 2.29. The summed E-state index contributed by atoms with van der Waals surface area (Å²) in [5.74, 6) is 0.425. The van der Waals surface area contributed by atoms with Crippen molar-refractivity contribution in [3.8, 4) is 5.75 Å². The van der Waals surface area contributed by atoms with Crippen LogP contribution in [0.2, 0.25) is 0 Å². The van der Waals surface area contributed by atoms with Gasteiger partial charge >= 0.3 is 5.97 Å². The molecule has 1 fully saturated rings. The summed E-state index contributed by atoms with van der Waals surface area (Å²) in [4.78, 5) is 22.6.